The molecule has 1 aromatic carbocycles. The number of pyridine rings is 1. The van der Waals surface area contributed by atoms with Crippen LogP contribution >= 0.6 is 0 Å². The zero-order valence-corrected chi connectivity index (χ0v) is 13.8. The van der Waals surface area contributed by atoms with Gasteiger partial charge in [0.15, 0.2) is 0 Å². The van der Waals surface area contributed by atoms with Crippen molar-refractivity contribution in [1.82, 2.24) is 15.5 Å². The Kier molecular flexibility index (Phi) is 4.20. The lowest BCUT2D eigenvalue weighted by Crippen LogP contribution is -2.31. The van der Waals surface area contributed by atoms with Crippen molar-refractivity contribution < 1.29 is 14.4 Å². The summed E-state index contributed by atoms with van der Waals surface area (Å²) in [5.74, 6) is -0.0720. The van der Waals surface area contributed by atoms with Crippen LogP contribution < -0.4 is 5.32 Å². The van der Waals surface area contributed by atoms with E-state index in [4.69, 9.17) is 4.52 Å². The van der Waals surface area contributed by atoms with Crippen molar-refractivity contribution >= 4 is 16.8 Å². The lowest BCUT2D eigenvalue weighted by molar-refractivity contribution is 0.0887. The number of hydrogen-bond acceptors (Lipinski definition) is 5. The fraction of sp³-hybridized carbons (Fsp3) is 0.278. The predicted octanol–water partition coefficient (Wildman–Crippen LogP) is 3.36. The van der Waals surface area contributed by atoms with E-state index in [1.807, 2.05) is 38.1 Å². The van der Waals surface area contributed by atoms with Gasteiger partial charge in [0.1, 0.15) is 11.3 Å². The first kappa shape index (κ1) is 16.0. The molecule has 3 rings (SSSR count). The topological polar surface area (TPSA) is 88.2 Å². The molecule has 1 unspecified atom stereocenters. The molecule has 6 nitrogen and oxygen atoms in total. The zero-order chi connectivity index (χ0) is 17.3. The fourth-order valence-electron chi connectivity index (χ4n) is 2.68. The van der Waals surface area contributed by atoms with Gasteiger partial charge in [-0.15, -0.1) is 0 Å². The molecule has 124 valence electrons. The van der Waals surface area contributed by atoms with Gasteiger partial charge in [-0.25, -0.2) is 0 Å². The molecule has 0 spiro atoms. The van der Waals surface area contributed by atoms with E-state index in [2.05, 4.69) is 15.5 Å². The average Bonchev–Trinajstić information content (AvgIpc) is 3.00. The molecular weight excluding hydrogens is 306 g/mol. The Labute approximate surface area is 139 Å². The number of aromatic hydroxyl groups is 1. The van der Waals surface area contributed by atoms with E-state index < -0.39 is 0 Å². The maximum Gasteiger partial charge on any atom is 0.290 e. The summed E-state index contributed by atoms with van der Waals surface area (Å²) in [6.45, 7) is 5.69. The van der Waals surface area contributed by atoms with Crippen molar-refractivity contribution in [2.45, 2.75) is 26.8 Å². The van der Waals surface area contributed by atoms with E-state index in [-0.39, 0.29) is 29.4 Å². The van der Waals surface area contributed by atoms with E-state index in [1.54, 1.807) is 19.2 Å². The smallest absolute Gasteiger partial charge is 0.290 e. The molecule has 6 heteroatoms. The lowest BCUT2D eigenvalue weighted by atomic mass is 9.94. The van der Waals surface area contributed by atoms with E-state index in [1.165, 1.54) is 0 Å². The number of fused-ring (bicyclic) bond motifs is 1. The molecule has 3 aromatic rings. The normalized spacial score (nSPS) is 12.5. The number of aromatic nitrogens is 2. The van der Waals surface area contributed by atoms with Crippen molar-refractivity contribution in [2.75, 3.05) is 0 Å². The quantitative estimate of drug-likeness (QED) is 0.768. The second kappa shape index (κ2) is 6.31. The van der Waals surface area contributed by atoms with Gasteiger partial charge >= 0.3 is 0 Å². The summed E-state index contributed by atoms with van der Waals surface area (Å²) in [6, 6.07) is 8.60. The number of nitrogens with one attached hydrogen (secondary N) is 1. The van der Waals surface area contributed by atoms with Gasteiger partial charge in [-0.05, 0) is 18.9 Å². The van der Waals surface area contributed by atoms with Crippen molar-refractivity contribution in [2.24, 2.45) is 5.92 Å². The SMILES string of the molecule is Cc1cc(C(=O)NC(c2ccc3cccnc3c2O)C(C)C)on1. The highest BCUT2D eigenvalue weighted by atomic mass is 16.5. The number of phenols is 1. The molecule has 24 heavy (non-hydrogen) atoms. The summed E-state index contributed by atoms with van der Waals surface area (Å²) < 4.78 is 5.01. The van der Waals surface area contributed by atoms with E-state index in [0.717, 1.165) is 5.39 Å². The van der Waals surface area contributed by atoms with Crippen LogP contribution in [0.1, 0.15) is 41.7 Å². The lowest BCUT2D eigenvalue weighted by Gasteiger charge is -2.23. The summed E-state index contributed by atoms with van der Waals surface area (Å²) >= 11 is 0. The van der Waals surface area contributed by atoms with Crippen LogP contribution in [0.4, 0.5) is 0 Å². The first-order valence-electron chi connectivity index (χ1n) is 7.78. The number of amides is 1. The maximum atomic E-state index is 12.4. The van der Waals surface area contributed by atoms with Crippen molar-refractivity contribution in [3.05, 3.63) is 53.5 Å². The van der Waals surface area contributed by atoms with Crippen LogP contribution in [0.15, 0.2) is 41.1 Å². The Balaban J connectivity index is 1.96. The first-order valence-corrected chi connectivity index (χ1v) is 7.78. The molecule has 0 saturated heterocycles. The number of carbonyl (C=O) groups is 1. The molecular formula is C18H19N3O3. The van der Waals surface area contributed by atoms with Crippen LogP contribution in [-0.2, 0) is 0 Å². The molecule has 0 aliphatic heterocycles. The molecule has 2 heterocycles. The maximum absolute atomic E-state index is 12.4. The molecule has 2 N–H and O–H groups in total. The highest BCUT2D eigenvalue weighted by Gasteiger charge is 2.24. The third kappa shape index (κ3) is 2.95. The fourth-order valence-corrected chi connectivity index (χ4v) is 2.68. The number of hydrogen-bond donors (Lipinski definition) is 2. The molecule has 0 bridgehead atoms. The third-order valence-corrected chi connectivity index (χ3v) is 3.92. The van der Waals surface area contributed by atoms with Crippen LogP contribution in [0.2, 0.25) is 0 Å². The molecule has 0 saturated carbocycles. The van der Waals surface area contributed by atoms with Crippen LogP contribution in [0.3, 0.4) is 0 Å². The molecule has 0 aliphatic carbocycles. The van der Waals surface area contributed by atoms with Crippen LogP contribution in [0.25, 0.3) is 10.9 Å². The largest absolute Gasteiger partial charge is 0.505 e. The Morgan fingerprint density at radius 2 is 2.08 bits per heavy atom. The van der Waals surface area contributed by atoms with Gasteiger partial charge in [0.05, 0.1) is 11.7 Å². The van der Waals surface area contributed by atoms with Crippen molar-refractivity contribution in [3.8, 4) is 5.75 Å². The predicted molar refractivity (Wildman–Crippen MR) is 89.7 cm³/mol. The number of benzene rings is 1. The molecule has 0 aliphatic rings. The van der Waals surface area contributed by atoms with Gasteiger partial charge in [0.25, 0.3) is 5.91 Å². The Morgan fingerprint density at radius 1 is 1.29 bits per heavy atom. The van der Waals surface area contributed by atoms with E-state index in [0.29, 0.717) is 16.8 Å². The third-order valence-electron chi connectivity index (χ3n) is 3.92. The molecule has 2 aromatic heterocycles. The van der Waals surface area contributed by atoms with Crippen molar-refractivity contribution in [3.63, 3.8) is 0 Å². The molecule has 0 radical (unpaired) electrons. The minimum absolute atomic E-state index is 0.0602. The monoisotopic (exact) mass is 325 g/mol. The summed E-state index contributed by atoms with van der Waals surface area (Å²) in [5, 5.41) is 18.1. The standard InChI is InChI=1S/C18H19N3O3/c1-10(2)15(20-18(23)14-9-11(3)21-24-14)13-7-6-12-5-4-8-19-16(12)17(13)22/h4-10,15,22H,1-3H3,(H,20,23). The van der Waals surface area contributed by atoms with Crippen LogP contribution in [0.5, 0.6) is 5.75 Å². The van der Waals surface area contributed by atoms with E-state index >= 15 is 0 Å². The van der Waals surface area contributed by atoms with Gasteiger partial charge in [-0.3, -0.25) is 9.78 Å². The highest BCUT2D eigenvalue weighted by Crippen LogP contribution is 2.34. The molecule has 0 fully saturated rings. The number of phenolic OH excluding ortho intramolecular Hbond substituents is 1. The molecule has 1 atom stereocenters. The first-order chi connectivity index (χ1) is 11.5. The minimum atomic E-state index is -0.380. The zero-order valence-electron chi connectivity index (χ0n) is 13.8. The number of nitrogens with zero attached hydrogens (tertiary/aromatic N) is 2. The summed E-state index contributed by atoms with van der Waals surface area (Å²) in [5.41, 5.74) is 1.78. The average molecular weight is 325 g/mol. The number of rotatable bonds is 4. The van der Waals surface area contributed by atoms with Gasteiger partial charge in [-0.1, -0.05) is 37.2 Å². The summed E-state index contributed by atoms with van der Waals surface area (Å²) in [6.07, 6.45) is 1.63. The number of carbonyl (C=O) groups excluding carboxylic acids is 1. The van der Waals surface area contributed by atoms with Crippen molar-refractivity contribution in [1.29, 1.82) is 0 Å². The Hall–Kier alpha value is -2.89. The van der Waals surface area contributed by atoms with E-state index in [9.17, 15) is 9.90 Å². The highest BCUT2D eigenvalue weighted by molar-refractivity contribution is 5.92. The second-order valence-corrected chi connectivity index (χ2v) is 6.11. The van der Waals surface area contributed by atoms with Crippen LogP contribution in [-0.4, -0.2) is 21.2 Å². The Bertz CT molecular complexity index is 886. The minimum Gasteiger partial charge on any atom is -0.505 e. The van der Waals surface area contributed by atoms with Gasteiger partial charge in [-0.2, -0.15) is 0 Å². The molecule has 1 amide bonds. The summed E-state index contributed by atoms with van der Waals surface area (Å²) in [7, 11) is 0. The van der Waals surface area contributed by atoms with Gasteiger partial charge in [0, 0.05) is 23.2 Å². The number of aryl methyl sites for hydroxylation is 1. The second-order valence-electron chi connectivity index (χ2n) is 6.11. The van der Waals surface area contributed by atoms with Crippen LogP contribution in [0, 0.1) is 12.8 Å². The van der Waals surface area contributed by atoms with Gasteiger partial charge < -0.3 is 14.9 Å². The summed E-state index contributed by atoms with van der Waals surface area (Å²) in [4.78, 5) is 16.6. The Morgan fingerprint density at radius 3 is 2.75 bits per heavy atom. The van der Waals surface area contributed by atoms with Gasteiger partial charge in [0.2, 0.25) is 5.76 Å².